The zero-order chi connectivity index (χ0) is 12.5. The molecule has 0 aliphatic carbocycles. The molecule has 0 amide bonds. The molecule has 0 N–H and O–H groups in total. The van der Waals surface area contributed by atoms with E-state index in [-0.39, 0.29) is 10.9 Å². The molecule has 18 heavy (non-hydrogen) atoms. The van der Waals surface area contributed by atoms with Gasteiger partial charge in [-0.05, 0) is 57.9 Å². The quantitative estimate of drug-likeness (QED) is 0.599. The zero-order valence-corrected chi connectivity index (χ0v) is 9.59. The van der Waals surface area contributed by atoms with Crippen LogP contribution in [0, 0.1) is 0 Å². The van der Waals surface area contributed by atoms with Gasteiger partial charge in [0.2, 0.25) is 0 Å². The fraction of sp³-hybridized carbons (Fsp3) is 0. The molecule has 86 valence electrons. The Morgan fingerprint density at radius 1 is 0.444 bits per heavy atom. The van der Waals surface area contributed by atoms with E-state index >= 15 is 0 Å². The smallest absolute Gasteiger partial charge is 0.178 e. The van der Waals surface area contributed by atoms with Crippen LogP contribution in [0.15, 0.2) is 70.3 Å². The summed E-state index contributed by atoms with van der Waals surface area (Å²) < 4.78 is 0. The molecule has 0 saturated heterocycles. The van der Waals surface area contributed by atoms with Gasteiger partial charge >= 0.3 is 0 Å². The summed E-state index contributed by atoms with van der Waals surface area (Å²) in [5.41, 5.74) is -0.0229. The van der Waals surface area contributed by atoms with Crippen molar-refractivity contribution in [2.75, 3.05) is 0 Å². The maximum Gasteiger partial charge on any atom is 0.178 e. The standard InChI is InChI=1S/C16H10O2/c17-15-5-1-11-9-13-3-7-16(18)8-4-14(13)10-12(11)2-6-15/h1-10H. The third kappa shape index (κ3) is 1.89. The highest BCUT2D eigenvalue weighted by atomic mass is 16.1. The molecule has 2 heteroatoms. The van der Waals surface area contributed by atoms with Gasteiger partial charge in [0.1, 0.15) is 0 Å². The van der Waals surface area contributed by atoms with Crippen LogP contribution >= 0.6 is 0 Å². The van der Waals surface area contributed by atoms with Crippen molar-refractivity contribution in [2.24, 2.45) is 0 Å². The molecule has 2 nitrogen and oxygen atoms in total. The average molecular weight is 234 g/mol. The van der Waals surface area contributed by atoms with Crippen LogP contribution in [0.3, 0.4) is 0 Å². The van der Waals surface area contributed by atoms with E-state index in [2.05, 4.69) is 0 Å². The summed E-state index contributed by atoms with van der Waals surface area (Å²) in [7, 11) is 0. The Morgan fingerprint density at radius 2 is 0.722 bits per heavy atom. The van der Waals surface area contributed by atoms with Gasteiger partial charge in [0, 0.05) is 0 Å². The van der Waals surface area contributed by atoms with Crippen molar-refractivity contribution in [1.82, 2.24) is 0 Å². The fourth-order valence-corrected chi connectivity index (χ4v) is 2.04. The van der Waals surface area contributed by atoms with Crippen molar-refractivity contribution < 1.29 is 0 Å². The summed E-state index contributed by atoms with van der Waals surface area (Å²) in [5, 5.41) is 3.96. The van der Waals surface area contributed by atoms with E-state index in [1.54, 1.807) is 24.3 Å². The molecule has 0 fully saturated rings. The molecule has 3 aromatic rings. The van der Waals surface area contributed by atoms with Gasteiger partial charge in [-0.3, -0.25) is 9.59 Å². The summed E-state index contributed by atoms with van der Waals surface area (Å²) in [4.78, 5) is 22.6. The van der Waals surface area contributed by atoms with Crippen LogP contribution in [-0.4, -0.2) is 0 Å². The third-order valence-electron chi connectivity index (χ3n) is 3.00. The zero-order valence-electron chi connectivity index (χ0n) is 9.59. The van der Waals surface area contributed by atoms with Crippen molar-refractivity contribution in [1.29, 1.82) is 0 Å². The first-order chi connectivity index (χ1) is 8.72. The van der Waals surface area contributed by atoms with Crippen LogP contribution in [0.4, 0.5) is 0 Å². The number of fused-ring (bicyclic) bond motifs is 2. The molecule has 3 aromatic carbocycles. The molecule has 0 bridgehead atoms. The molecule has 0 spiro atoms. The second-order valence-corrected chi connectivity index (χ2v) is 4.25. The number of hydrogen-bond donors (Lipinski definition) is 0. The Balaban J connectivity index is 2.52. The molecule has 0 aromatic heterocycles. The Morgan fingerprint density at radius 3 is 1.00 bits per heavy atom. The van der Waals surface area contributed by atoms with Crippen LogP contribution in [0.5, 0.6) is 0 Å². The SMILES string of the molecule is O=c1ccc2cc3ccc(=O)ccc3cc2cc1. The molecule has 0 aliphatic heterocycles. The number of rotatable bonds is 0. The lowest BCUT2D eigenvalue weighted by Gasteiger charge is -1.96. The minimum Gasteiger partial charge on any atom is -0.290 e. The third-order valence-corrected chi connectivity index (χ3v) is 3.00. The highest BCUT2D eigenvalue weighted by molar-refractivity contribution is 5.97. The van der Waals surface area contributed by atoms with Gasteiger partial charge in [0.15, 0.2) is 10.9 Å². The van der Waals surface area contributed by atoms with E-state index in [0.717, 1.165) is 21.5 Å². The first-order valence-electron chi connectivity index (χ1n) is 5.71. The highest BCUT2D eigenvalue weighted by Gasteiger charge is 1.96. The fourth-order valence-electron chi connectivity index (χ4n) is 2.04. The van der Waals surface area contributed by atoms with Crippen molar-refractivity contribution in [2.45, 2.75) is 0 Å². The maximum absolute atomic E-state index is 11.3. The highest BCUT2D eigenvalue weighted by Crippen LogP contribution is 2.20. The van der Waals surface area contributed by atoms with Crippen LogP contribution in [0.1, 0.15) is 0 Å². The van der Waals surface area contributed by atoms with E-state index in [1.165, 1.54) is 0 Å². The van der Waals surface area contributed by atoms with Crippen LogP contribution in [-0.2, 0) is 0 Å². The Hall–Kier alpha value is -2.48. The van der Waals surface area contributed by atoms with Crippen molar-refractivity contribution in [3.63, 3.8) is 0 Å². The van der Waals surface area contributed by atoms with E-state index in [0.29, 0.717) is 0 Å². The minimum absolute atomic E-state index is 0.0114. The van der Waals surface area contributed by atoms with Crippen LogP contribution in [0.25, 0.3) is 21.5 Å². The predicted molar refractivity (Wildman–Crippen MR) is 74.0 cm³/mol. The van der Waals surface area contributed by atoms with Crippen LogP contribution in [0.2, 0.25) is 0 Å². The molecule has 0 saturated carbocycles. The normalized spacial score (nSPS) is 10.7. The second-order valence-electron chi connectivity index (χ2n) is 4.25. The van der Waals surface area contributed by atoms with E-state index in [1.807, 2.05) is 36.4 Å². The molecule has 0 radical (unpaired) electrons. The van der Waals surface area contributed by atoms with Gasteiger partial charge in [-0.25, -0.2) is 0 Å². The molecule has 0 aliphatic rings. The van der Waals surface area contributed by atoms with Crippen molar-refractivity contribution >= 4 is 21.5 Å². The summed E-state index contributed by atoms with van der Waals surface area (Å²) in [5.74, 6) is 0. The summed E-state index contributed by atoms with van der Waals surface area (Å²) >= 11 is 0. The molecular weight excluding hydrogens is 224 g/mol. The van der Waals surface area contributed by atoms with Crippen molar-refractivity contribution in [3.05, 3.63) is 81.1 Å². The minimum atomic E-state index is -0.0114. The molecule has 0 heterocycles. The molecular formula is C16H10O2. The van der Waals surface area contributed by atoms with Gasteiger partial charge in [-0.2, -0.15) is 0 Å². The molecule has 0 atom stereocenters. The first-order valence-corrected chi connectivity index (χ1v) is 5.71. The van der Waals surface area contributed by atoms with Gasteiger partial charge in [-0.1, -0.05) is 24.3 Å². The van der Waals surface area contributed by atoms with Gasteiger partial charge in [0.05, 0.1) is 0 Å². The van der Waals surface area contributed by atoms with Gasteiger partial charge < -0.3 is 0 Å². The van der Waals surface area contributed by atoms with Gasteiger partial charge in [-0.15, -0.1) is 0 Å². The first kappa shape index (κ1) is 10.7. The summed E-state index contributed by atoms with van der Waals surface area (Å²) in [6.07, 6.45) is 0. The van der Waals surface area contributed by atoms with Crippen LogP contribution < -0.4 is 10.9 Å². The summed E-state index contributed by atoms with van der Waals surface area (Å²) in [6, 6.07) is 17.4. The summed E-state index contributed by atoms with van der Waals surface area (Å²) in [6.45, 7) is 0. The lowest BCUT2D eigenvalue weighted by molar-refractivity contribution is 1.68. The predicted octanol–water partition coefficient (Wildman–Crippen LogP) is 2.71. The van der Waals surface area contributed by atoms with Crippen molar-refractivity contribution in [3.8, 4) is 0 Å². The Kier molecular flexibility index (Phi) is 2.41. The van der Waals surface area contributed by atoms with E-state index in [9.17, 15) is 9.59 Å². The largest absolute Gasteiger partial charge is 0.290 e. The molecule has 0 unspecified atom stereocenters. The Bertz CT molecular complexity index is 729. The molecule has 3 rings (SSSR count). The lowest BCUT2D eigenvalue weighted by Crippen LogP contribution is -1.87. The lowest BCUT2D eigenvalue weighted by atomic mass is 10.1. The number of benzene rings is 1. The Labute approximate surface area is 103 Å². The number of hydrogen-bond acceptors (Lipinski definition) is 2. The topological polar surface area (TPSA) is 34.1 Å². The van der Waals surface area contributed by atoms with E-state index in [4.69, 9.17) is 0 Å². The second kappa shape index (κ2) is 4.08. The monoisotopic (exact) mass is 234 g/mol. The average Bonchev–Trinajstić information content (AvgIpc) is 2.66. The maximum atomic E-state index is 11.3. The van der Waals surface area contributed by atoms with Gasteiger partial charge in [0.25, 0.3) is 0 Å². The van der Waals surface area contributed by atoms with E-state index < -0.39 is 0 Å².